The molecule has 0 saturated carbocycles. The molecule has 104 valence electrons. The van der Waals surface area contributed by atoms with Gasteiger partial charge in [0.1, 0.15) is 11.4 Å². The van der Waals surface area contributed by atoms with Crippen LogP contribution in [0.4, 0.5) is 10.1 Å². The molecule has 1 aromatic rings. The fourth-order valence-corrected chi connectivity index (χ4v) is 1.40. The summed E-state index contributed by atoms with van der Waals surface area (Å²) in [6.07, 6.45) is 0. The first-order valence-corrected chi connectivity index (χ1v) is 6.08. The molecule has 1 aromatic carbocycles. The Balaban J connectivity index is 2.91. The maximum Gasteiger partial charge on any atom is 0.285 e. The van der Waals surface area contributed by atoms with E-state index in [2.05, 4.69) is 5.32 Å². The minimum Gasteiger partial charge on any atom is -0.351 e. The van der Waals surface area contributed by atoms with E-state index in [-0.39, 0.29) is 17.5 Å². The highest BCUT2D eigenvalue weighted by molar-refractivity contribution is 6.18. The second kappa shape index (κ2) is 5.97. The second-order valence-electron chi connectivity index (χ2n) is 4.90. The number of carbonyl (C=O) groups is 1. The minimum atomic E-state index is -0.787. The summed E-state index contributed by atoms with van der Waals surface area (Å²) < 4.78 is 12.9. The lowest BCUT2D eigenvalue weighted by atomic mass is 9.96. The highest BCUT2D eigenvalue weighted by atomic mass is 35.5. The summed E-state index contributed by atoms with van der Waals surface area (Å²) in [6.45, 7) is 3.96. The van der Waals surface area contributed by atoms with E-state index in [0.717, 1.165) is 18.2 Å². The number of alkyl halides is 1. The number of nitro benzene ring substituents is 1. The van der Waals surface area contributed by atoms with Crippen LogP contribution >= 0.6 is 11.6 Å². The largest absolute Gasteiger partial charge is 0.351 e. The molecule has 0 spiro atoms. The molecule has 0 fully saturated rings. The van der Waals surface area contributed by atoms with E-state index in [9.17, 15) is 19.3 Å². The average Bonchev–Trinajstić information content (AvgIpc) is 2.36. The highest BCUT2D eigenvalue weighted by Crippen LogP contribution is 2.20. The lowest BCUT2D eigenvalue weighted by molar-refractivity contribution is -0.385. The van der Waals surface area contributed by atoms with Crippen molar-refractivity contribution >= 4 is 23.2 Å². The van der Waals surface area contributed by atoms with Gasteiger partial charge in [-0.3, -0.25) is 14.9 Å². The maximum absolute atomic E-state index is 12.9. The van der Waals surface area contributed by atoms with Crippen molar-refractivity contribution in [3.05, 3.63) is 39.7 Å². The Morgan fingerprint density at radius 3 is 2.68 bits per heavy atom. The lowest BCUT2D eigenvalue weighted by Crippen LogP contribution is -2.35. The summed E-state index contributed by atoms with van der Waals surface area (Å²) in [5, 5.41) is 13.3. The summed E-state index contributed by atoms with van der Waals surface area (Å²) in [6, 6.07) is 2.83. The van der Waals surface area contributed by atoms with Crippen molar-refractivity contribution < 1.29 is 14.1 Å². The minimum absolute atomic E-state index is 0.170. The molecule has 7 heteroatoms. The van der Waals surface area contributed by atoms with Crippen molar-refractivity contribution in [2.45, 2.75) is 13.8 Å². The molecule has 0 bridgehead atoms. The molecule has 0 aliphatic rings. The Morgan fingerprint density at radius 1 is 1.53 bits per heavy atom. The van der Waals surface area contributed by atoms with Gasteiger partial charge < -0.3 is 5.32 Å². The van der Waals surface area contributed by atoms with E-state index in [0.29, 0.717) is 5.88 Å². The van der Waals surface area contributed by atoms with Crippen molar-refractivity contribution in [1.82, 2.24) is 5.32 Å². The molecule has 19 heavy (non-hydrogen) atoms. The fraction of sp³-hybridized carbons (Fsp3) is 0.417. The number of hydrogen-bond donors (Lipinski definition) is 1. The zero-order valence-corrected chi connectivity index (χ0v) is 11.3. The van der Waals surface area contributed by atoms with Crippen molar-refractivity contribution in [3.63, 3.8) is 0 Å². The lowest BCUT2D eigenvalue weighted by Gasteiger charge is -2.21. The van der Waals surface area contributed by atoms with Gasteiger partial charge in [-0.25, -0.2) is 4.39 Å². The predicted molar refractivity (Wildman–Crippen MR) is 69.9 cm³/mol. The van der Waals surface area contributed by atoms with Gasteiger partial charge in [0.15, 0.2) is 0 Å². The quantitative estimate of drug-likeness (QED) is 0.514. The number of nitrogens with zero attached hydrogens (tertiary/aromatic N) is 1. The third kappa shape index (κ3) is 4.17. The molecule has 1 N–H and O–H groups in total. The van der Waals surface area contributed by atoms with E-state index in [1.54, 1.807) is 0 Å². The average molecular weight is 289 g/mol. The van der Waals surface area contributed by atoms with Crippen LogP contribution in [0.2, 0.25) is 0 Å². The topological polar surface area (TPSA) is 72.2 Å². The van der Waals surface area contributed by atoms with Gasteiger partial charge in [-0.2, -0.15) is 0 Å². The van der Waals surface area contributed by atoms with E-state index in [1.807, 2.05) is 13.8 Å². The van der Waals surface area contributed by atoms with Gasteiger partial charge >= 0.3 is 0 Å². The molecule has 1 amide bonds. The van der Waals surface area contributed by atoms with Crippen LogP contribution in [-0.4, -0.2) is 23.3 Å². The van der Waals surface area contributed by atoms with Crippen molar-refractivity contribution in [3.8, 4) is 0 Å². The third-order valence-electron chi connectivity index (χ3n) is 2.49. The van der Waals surface area contributed by atoms with Crippen LogP contribution < -0.4 is 5.32 Å². The fourth-order valence-electron chi connectivity index (χ4n) is 1.31. The van der Waals surface area contributed by atoms with Crippen LogP contribution in [0.1, 0.15) is 24.2 Å². The van der Waals surface area contributed by atoms with Crippen molar-refractivity contribution in [2.75, 3.05) is 12.4 Å². The smallest absolute Gasteiger partial charge is 0.285 e. The number of benzene rings is 1. The molecule has 5 nitrogen and oxygen atoms in total. The van der Waals surface area contributed by atoms with Crippen LogP contribution in [0.3, 0.4) is 0 Å². The standard InChI is InChI=1S/C12H14ClFN2O3/c1-12(2,6-13)7-15-11(17)9-4-3-8(14)5-10(9)16(18)19/h3-5H,6-7H2,1-2H3,(H,15,17). The maximum atomic E-state index is 12.9. The van der Waals surface area contributed by atoms with E-state index in [4.69, 9.17) is 11.6 Å². The molecule has 0 radical (unpaired) electrons. The molecule has 0 atom stereocenters. The molecule has 1 rings (SSSR count). The first kappa shape index (κ1) is 15.4. The van der Waals surface area contributed by atoms with Crippen LogP contribution in [-0.2, 0) is 0 Å². The molecular weight excluding hydrogens is 275 g/mol. The number of nitrogens with one attached hydrogen (secondary N) is 1. The second-order valence-corrected chi connectivity index (χ2v) is 5.17. The Labute approximate surface area is 114 Å². The summed E-state index contributed by atoms with van der Waals surface area (Å²) in [5.41, 5.74) is -1.05. The van der Waals surface area contributed by atoms with Crippen LogP contribution in [0.5, 0.6) is 0 Å². The summed E-state index contributed by atoms with van der Waals surface area (Å²) in [7, 11) is 0. The summed E-state index contributed by atoms with van der Waals surface area (Å²) in [5.74, 6) is -1.05. The Hall–Kier alpha value is -1.69. The SMILES string of the molecule is CC(C)(CCl)CNC(=O)c1ccc(F)cc1[N+](=O)[O-]. The Kier molecular flexibility index (Phi) is 4.83. The van der Waals surface area contributed by atoms with Gasteiger partial charge in [-0.1, -0.05) is 13.8 Å². The molecule has 0 heterocycles. The van der Waals surface area contributed by atoms with Gasteiger partial charge in [0.2, 0.25) is 0 Å². The van der Waals surface area contributed by atoms with Crippen molar-refractivity contribution in [1.29, 1.82) is 0 Å². The molecule has 0 saturated heterocycles. The molecule has 0 unspecified atom stereocenters. The Morgan fingerprint density at radius 2 is 2.16 bits per heavy atom. The van der Waals surface area contributed by atoms with Gasteiger partial charge in [0.05, 0.1) is 11.0 Å². The van der Waals surface area contributed by atoms with Gasteiger partial charge in [-0.05, 0) is 17.5 Å². The summed E-state index contributed by atoms with van der Waals surface area (Å²) >= 11 is 5.72. The van der Waals surface area contributed by atoms with Gasteiger partial charge in [0.25, 0.3) is 11.6 Å². The Bertz CT molecular complexity index is 506. The number of carbonyl (C=O) groups excluding carboxylic acids is 1. The molecule has 0 aromatic heterocycles. The van der Waals surface area contributed by atoms with Gasteiger partial charge in [0, 0.05) is 12.4 Å². The van der Waals surface area contributed by atoms with Crippen LogP contribution in [0.25, 0.3) is 0 Å². The zero-order valence-electron chi connectivity index (χ0n) is 10.6. The summed E-state index contributed by atoms with van der Waals surface area (Å²) in [4.78, 5) is 21.8. The monoisotopic (exact) mass is 288 g/mol. The molecule has 0 aliphatic carbocycles. The number of rotatable bonds is 5. The number of amides is 1. The first-order valence-electron chi connectivity index (χ1n) is 5.55. The zero-order chi connectivity index (χ0) is 14.6. The van der Waals surface area contributed by atoms with Crippen LogP contribution in [0.15, 0.2) is 18.2 Å². The molecule has 0 aliphatic heterocycles. The van der Waals surface area contributed by atoms with Gasteiger partial charge in [-0.15, -0.1) is 11.6 Å². The normalized spacial score (nSPS) is 11.2. The van der Waals surface area contributed by atoms with Crippen LogP contribution in [0, 0.1) is 21.3 Å². The van der Waals surface area contributed by atoms with E-state index >= 15 is 0 Å². The predicted octanol–water partition coefficient (Wildman–Crippen LogP) is 2.73. The van der Waals surface area contributed by atoms with E-state index < -0.39 is 22.3 Å². The van der Waals surface area contributed by atoms with Crippen molar-refractivity contribution in [2.24, 2.45) is 5.41 Å². The molecular formula is C12H14ClFN2O3. The number of halogens is 2. The highest BCUT2D eigenvalue weighted by Gasteiger charge is 2.23. The number of hydrogen-bond acceptors (Lipinski definition) is 3. The third-order valence-corrected chi connectivity index (χ3v) is 3.21. The number of nitro groups is 1. The first-order chi connectivity index (χ1) is 8.76. The van der Waals surface area contributed by atoms with E-state index in [1.165, 1.54) is 0 Å².